The van der Waals surface area contributed by atoms with Crippen molar-refractivity contribution in [3.8, 4) is 0 Å². The number of esters is 1. The van der Waals surface area contributed by atoms with Crippen LogP contribution in [0.4, 0.5) is 0 Å². The van der Waals surface area contributed by atoms with Crippen molar-refractivity contribution in [1.29, 1.82) is 0 Å². The maximum atomic E-state index is 12.9. The van der Waals surface area contributed by atoms with Crippen molar-refractivity contribution in [2.24, 2.45) is 0 Å². The summed E-state index contributed by atoms with van der Waals surface area (Å²) in [6, 6.07) is 9.84. The molecule has 2 aliphatic rings. The number of amides is 2. The van der Waals surface area contributed by atoms with Crippen LogP contribution in [-0.2, 0) is 4.74 Å². The molecule has 2 aromatic carbocycles. The van der Waals surface area contributed by atoms with E-state index in [-0.39, 0.29) is 41.4 Å². The molecule has 1 saturated carbocycles. The topological polar surface area (TPSA) is 80.8 Å². The van der Waals surface area contributed by atoms with Gasteiger partial charge in [0.25, 0.3) is 11.8 Å². The van der Waals surface area contributed by atoms with Crippen LogP contribution in [0, 0.1) is 13.8 Å². The number of imide groups is 1. The van der Waals surface area contributed by atoms with Crippen LogP contribution in [0.1, 0.15) is 84.7 Å². The first-order valence-electron chi connectivity index (χ1n) is 10.7. The van der Waals surface area contributed by atoms with Gasteiger partial charge >= 0.3 is 5.97 Å². The zero-order valence-electron chi connectivity index (χ0n) is 17.8. The minimum absolute atomic E-state index is 0.0771. The number of aryl methyl sites for hydroxylation is 2. The SMILES string of the molecule is Cc1ccc(C)c(C(=O)COC(=O)c2ccc3c(c2)C(=O)N(C2CCCCC2)C3=O)c1. The molecule has 0 aromatic heterocycles. The second-order valence-electron chi connectivity index (χ2n) is 8.35. The van der Waals surface area contributed by atoms with Gasteiger partial charge in [0.1, 0.15) is 0 Å². The van der Waals surface area contributed by atoms with Crippen LogP contribution in [0.3, 0.4) is 0 Å². The van der Waals surface area contributed by atoms with Crippen LogP contribution in [0.5, 0.6) is 0 Å². The molecule has 0 saturated heterocycles. The molecule has 0 atom stereocenters. The average Bonchev–Trinajstić information content (AvgIpc) is 3.03. The Hall–Kier alpha value is -3.28. The molecule has 4 rings (SSSR count). The van der Waals surface area contributed by atoms with Gasteiger partial charge in [0, 0.05) is 11.6 Å². The summed E-state index contributed by atoms with van der Waals surface area (Å²) >= 11 is 0. The van der Waals surface area contributed by atoms with Crippen LogP contribution in [0.15, 0.2) is 36.4 Å². The lowest BCUT2D eigenvalue weighted by atomic mass is 9.94. The number of carbonyl (C=O) groups is 4. The molecule has 0 bridgehead atoms. The molecular weight excluding hydrogens is 394 g/mol. The molecule has 160 valence electrons. The van der Waals surface area contributed by atoms with E-state index in [0.29, 0.717) is 11.1 Å². The van der Waals surface area contributed by atoms with Gasteiger partial charge in [-0.1, -0.05) is 37.0 Å². The van der Waals surface area contributed by atoms with Gasteiger partial charge in [-0.25, -0.2) is 4.79 Å². The fourth-order valence-electron chi connectivity index (χ4n) is 4.39. The van der Waals surface area contributed by atoms with E-state index in [0.717, 1.165) is 43.2 Å². The standard InChI is InChI=1S/C25H25NO5/c1-15-8-9-16(2)20(12-15)22(27)14-31-25(30)17-10-11-19-21(13-17)24(29)26(23(19)28)18-6-4-3-5-7-18/h8-13,18H,3-7,14H2,1-2H3. The minimum atomic E-state index is -0.696. The van der Waals surface area contributed by atoms with E-state index in [1.807, 2.05) is 26.0 Å². The third-order valence-electron chi connectivity index (χ3n) is 6.12. The number of rotatable bonds is 5. The van der Waals surface area contributed by atoms with E-state index in [1.54, 1.807) is 6.07 Å². The minimum Gasteiger partial charge on any atom is -0.454 e. The van der Waals surface area contributed by atoms with Crippen LogP contribution < -0.4 is 0 Å². The van der Waals surface area contributed by atoms with Gasteiger partial charge in [-0.05, 0) is 56.5 Å². The van der Waals surface area contributed by atoms with Crippen molar-refractivity contribution in [1.82, 2.24) is 4.90 Å². The summed E-state index contributed by atoms with van der Waals surface area (Å²) in [5, 5.41) is 0. The normalized spacial score (nSPS) is 16.4. The highest BCUT2D eigenvalue weighted by Gasteiger charge is 2.40. The Morgan fingerprint density at radius 2 is 1.65 bits per heavy atom. The third kappa shape index (κ3) is 4.02. The Labute approximate surface area is 181 Å². The summed E-state index contributed by atoms with van der Waals surface area (Å²) in [7, 11) is 0. The third-order valence-corrected chi connectivity index (χ3v) is 6.12. The van der Waals surface area contributed by atoms with Gasteiger partial charge in [0.05, 0.1) is 16.7 Å². The van der Waals surface area contributed by atoms with Crippen LogP contribution in [0.2, 0.25) is 0 Å². The predicted molar refractivity (Wildman–Crippen MR) is 114 cm³/mol. The Morgan fingerprint density at radius 3 is 2.39 bits per heavy atom. The fraction of sp³-hybridized carbons (Fsp3) is 0.360. The molecule has 1 aliphatic heterocycles. The molecule has 6 heteroatoms. The van der Waals surface area contributed by atoms with Crippen molar-refractivity contribution in [2.45, 2.75) is 52.0 Å². The number of hydrogen-bond donors (Lipinski definition) is 0. The smallest absolute Gasteiger partial charge is 0.338 e. The van der Waals surface area contributed by atoms with Crippen molar-refractivity contribution in [2.75, 3.05) is 6.61 Å². The Kier molecular flexibility index (Phi) is 5.72. The lowest BCUT2D eigenvalue weighted by Gasteiger charge is -2.29. The van der Waals surface area contributed by atoms with Crippen LogP contribution in [0.25, 0.3) is 0 Å². The highest BCUT2D eigenvalue weighted by molar-refractivity contribution is 6.22. The average molecular weight is 419 g/mol. The highest BCUT2D eigenvalue weighted by atomic mass is 16.5. The summed E-state index contributed by atoms with van der Waals surface area (Å²) < 4.78 is 5.21. The molecule has 0 spiro atoms. The number of fused-ring (bicyclic) bond motifs is 1. The molecule has 1 fully saturated rings. The summed E-state index contributed by atoms with van der Waals surface area (Å²) in [6.45, 7) is 3.33. The molecular formula is C25H25NO5. The first kappa shape index (κ1) is 21.0. The number of Topliss-reactive ketones (excluding diaryl/α,β-unsaturated/α-hetero) is 1. The predicted octanol–water partition coefficient (Wildman–Crippen LogP) is 4.27. The molecule has 2 amide bonds. The Morgan fingerprint density at radius 1 is 0.935 bits per heavy atom. The van der Waals surface area contributed by atoms with Crippen LogP contribution in [-0.4, -0.2) is 41.1 Å². The van der Waals surface area contributed by atoms with Crippen LogP contribution >= 0.6 is 0 Å². The summed E-state index contributed by atoms with van der Waals surface area (Å²) in [6.07, 6.45) is 4.77. The zero-order chi connectivity index (χ0) is 22.1. The van der Waals surface area contributed by atoms with E-state index in [4.69, 9.17) is 4.74 Å². The number of nitrogens with zero attached hydrogens (tertiary/aromatic N) is 1. The van der Waals surface area contributed by atoms with Gasteiger partial charge in [0.15, 0.2) is 6.61 Å². The maximum Gasteiger partial charge on any atom is 0.338 e. The first-order chi connectivity index (χ1) is 14.9. The van der Waals surface area contributed by atoms with Crippen molar-refractivity contribution >= 4 is 23.6 Å². The summed E-state index contributed by atoms with van der Waals surface area (Å²) in [4.78, 5) is 52.0. The van der Waals surface area contributed by atoms with Crippen molar-refractivity contribution in [3.05, 3.63) is 69.8 Å². The molecule has 1 aliphatic carbocycles. The van der Waals surface area contributed by atoms with Gasteiger partial charge in [-0.15, -0.1) is 0 Å². The Bertz CT molecular complexity index is 1080. The zero-order valence-corrected chi connectivity index (χ0v) is 17.8. The van der Waals surface area contributed by atoms with E-state index < -0.39 is 5.97 Å². The number of ketones is 1. The molecule has 0 N–H and O–H groups in total. The van der Waals surface area contributed by atoms with Gasteiger partial charge in [-0.3, -0.25) is 19.3 Å². The molecule has 1 heterocycles. The summed E-state index contributed by atoms with van der Waals surface area (Å²) in [5.74, 6) is -1.63. The number of hydrogen-bond acceptors (Lipinski definition) is 5. The van der Waals surface area contributed by atoms with Gasteiger partial charge in [0.2, 0.25) is 5.78 Å². The fourth-order valence-corrected chi connectivity index (χ4v) is 4.39. The number of carbonyl (C=O) groups excluding carboxylic acids is 4. The van der Waals surface area contributed by atoms with E-state index >= 15 is 0 Å². The first-order valence-corrected chi connectivity index (χ1v) is 10.7. The lowest BCUT2D eigenvalue weighted by molar-refractivity contribution is 0.0474. The monoisotopic (exact) mass is 419 g/mol. The number of benzene rings is 2. The quantitative estimate of drug-likeness (QED) is 0.411. The number of ether oxygens (including phenoxy) is 1. The molecule has 0 unspecified atom stereocenters. The lowest BCUT2D eigenvalue weighted by Crippen LogP contribution is -2.40. The Balaban J connectivity index is 1.47. The van der Waals surface area contributed by atoms with Gasteiger partial charge in [-0.2, -0.15) is 0 Å². The largest absolute Gasteiger partial charge is 0.454 e. The van der Waals surface area contributed by atoms with Crippen molar-refractivity contribution < 1.29 is 23.9 Å². The second kappa shape index (κ2) is 8.46. The molecule has 0 radical (unpaired) electrons. The second-order valence-corrected chi connectivity index (χ2v) is 8.35. The van der Waals surface area contributed by atoms with E-state index in [2.05, 4.69) is 0 Å². The maximum absolute atomic E-state index is 12.9. The van der Waals surface area contributed by atoms with E-state index in [9.17, 15) is 19.2 Å². The highest BCUT2D eigenvalue weighted by Crippen LogP contribution is 2.31. The summed E-state index contributed by atoms with van der Waals surface area (Å²) in [5.41, 5.74) is 2.98. The molecule has 6 nitrogen and oxygen atoms in total. The van der Waals surface area contributed by atoms with Gasteiger partial charge < -0.3 is 4.74 Å². The van der Waals surface area contributed by atoms with Crippen molar-refractivity contribution in [3.63, 3.8) is 0 Å². The molecule has 31 heavy (non-hydrogen) atoms. The van der Waals surface area contributed by atoms with E-state index in [1.165, 1.54) is 23.1 Å². The molecule has 2 aromatic rings.